The fourth-order valence-corrected chi connectivity index (χ4v) is 2.16. The molecule has 0 aromatic carbocycles. The number of nitrogens with zero attached hydrogens (tertiary/aromatic N) is 2. The molecule has 1 aromatic rings. The highest BCUT2D eigenvalue weighted by atomic mass is 16.5. The first-order valence-corrected chi connectivity index (χ1v) is 5.15. The summed E-state index contributed by atoms with van der Waals surface area (Å²) in [6, 6.07) is 0.324. The van der Waals surface area contributed by atoms with Crippen LogP contribution in [0.25, 0.3) is 0 Å². The molecule has 1 N–H and O–H groups in total. The van der Waals surface area contributed by atoms with Crippen molar-refractivity contribution in [1.82, 2.24) is 10.1 Å². The lowest BCUT2D eigenvalue weighted by Crippen LogP contribution is -2.22. The van der Waals surface area contributed by atoms with Gasteiger partial charge < -0.3 is 9.63 Å². The molecule has 1 aliphatic rings. The van der Waals surface area contributed by atoms with E-state index >= 15 is 0 Å². The zero-order chi connectivity index (χ0) is 9.97. The summed E-state index contributed by atoms with van der Waals surface area (Å²) in [6.45, 7) is 4.31. The van der Waals surface area contributed by atoms with Gasteiger partial charge in [-0.2, -0.15) is 0 Å². The number of hydrogen-bond acceptors (Lipinski definition) is 4. The van der Waals surface area contributed by atoms with E-state index in [4.69, 9.17) is 9.63 Å². The summed E-state index contributed by atoms with van der Waals surface area (Å²) in [5.41, 5.74) is 0.829. The van der Waals surface area contributed by atoms with Crippen molar-refractivity contribution in [3.8, 4) is 0 Å². The Balaban J connectivity index is 2.21. The number of aromatic nitrogens is 1. The Kier molecular flexibility index (Phi) is 2.84. The minimum atomic E-state index is 0.0207. The van der Waals surface area contributed by atoms with Crippen molar-refractivity contribution >= 4 is 0 Å². The summed E-state index contributed by atoms with van der Waals surface area (Å²) in [5, 5.41) is 12.9. The maximum absolute atomic E-state index is 9.11. The van der Waals surface area contributed by atoms with Crippen LogP contribution in [0.5, 0.6) is 0 Å². The second kappa shape index (κ2) is 4.11. The molecule has 1 fully saturated rings. The van der Waals surface area contributed by atoms with E-state index in [1.165, 1.54) is 6.42 Å². The molecule has 1 aliphatic heterocycles. The van der Waals surface area contributed by atoms with Crippen LogP contribution < -0.4 is 0 Å². The standard InChI is InChI=1S/C10H16N2O2/c1-2-12-5-3-4-9(12)10-8(7-13)6-11-14-10/h6,9,13H,2-5,7H2,1H3. The molecular weight excluding hydrogens is 180 g/mol. The van der Waals surface area contributed by atoms with Crippen molar-refractivity contribution in [2.45, 2.75) is 32.4 Å². The van der Waals surface area contributed by atoms with Crippen LogP contribution in [0.2, 0.25) is 0 Å². The van der Waals surface area contributed by atoms with Gasteiger partial charge in [-0.3, -0.25) is 4.90 Å². The largest absolute Gasteiger partial charge is 0.391 e. The molecule has 78 valence electrons. The highest BCUT2D eigenvalue weighted by Gasteiger charge is 2.29. The minimum Gasteiger partial charge on any atom is -0.391 e. The molecule has 1 saturated heterocycles. The Labute approximate surface area is 83.5 Å². The summed E-state index contributed by atoms with van der Waals surface area (Å²) in [6.07, 6.45) is 3.92. The molecule has 0 saturated carbocycles. The lowest BCUT2D eigenvalue weighted by Gasteiger charge is -2.20. The van der Waals surface area contributed by atoms with Crippen LogP contribution >= 0.6 is 0 Å². The maximum Gasteiger partial charge on any atom is 0.159 e. The van der Waals surface area contributed by atoms with E-state index in [1.54, 1.807) is 6.20 Å². The normalized spacial score (nSPS) is 23.1. The fraction of sp³-hybridized carbons (Fsp3) is 0.700. The Morgan fingerprint density at radius 1 is 1.71 bits per heavy atom. The third-order valence-corrected chi connectivity index (χ3v) is 2.92. The van der Waals surface area contributed by atoms with Crippen LogP contribution in [-0.2, 0) is 6.61 Å². The Morgan fingerprint density at radius 2 is 2.57 bits per heavy atom. The Morgan fingerprint density at radius 3 is 3.29 bits per heavy atom. The molecule has 0 aliphatic carbocycles. The minimum absolute atomic E-state index is 0.0207. The fourth-order valence-electron chi connectivity index (χ4n) is 2.16. The van der Waals surface area contributed by atoms with Gasteiger partial charge >= 0.3 is 0 Å². The number of hydrogen-bond donors (Lipinski definition) is 1. The lowest BCUT2D eigenvalue weighted by molar-refractivity contribution is 0.214. The van der Waals surface area contributed by atoms with E-state index in [-0.39, 0.29) is 6.61 Å². The van der Waals surface area contributed by atoms with Crippen molar-refractivity contribution in [3.63, 3.8) is 0 Å². The van der Waals surface area contributed by atoms with Crippen molar-refractivity contribution < 1.29 is 9.63 Å². The second-order valence-electron chi connectivity index (χ2n) is 3.66. The molecule has 4 nitrogen and oxygen atoms in total. The van der Waals surface area contributed by atoms with Crippen molar-refractivity contribution in [2.24, 2.45) is 0 Å². The molecule has 0 spiro atoms. The molecule has 1 aromatic heterocycles. The van der Waals surface area contributed by atoms with Gasteiger partial charge in [0, 0.05) is 5.56 Å². The van der Waals surface area contributed by atoms with Crippen molar-refractivity contribution in [1.29, 1.82) is 0 Å². The molecule has 2 rings (SSSR count). The summed E-state index contributed by atoms with van der Waals surface area (Å²) >= 11 is 0. The predicted molar refractivity (Wildman–Crippen MR) is 51.6 cm³/mol. The number of likely N-dealkylation sites (tertiary alicyclic amines) is 1. The first kappa shape index (κ1) is 9.68. The van der Waals surface area contributed by atoms with Gasteiger partial charge in [0.05, 0.1) is 18.8 Å². The molecule has 0 radical (unpaired) electrons. The third kappa shape index (κ3) is 1.55. The zero-order valence-electron chi connectivity index (χ0n) is 8.44. The van der Waals surface area contributed by atoms with Crippen LogP contribution in [0.3, 0.4) is 0 Å². The van der Waals surface area contributed by atoms with Gasteiger partial charge in [-0.1, -0.05) is 12.1 Å². The topological polar surface area (TPSA) is 49.5 Å². The highest BCUT2D eigenvalue weighted by Crippen LogP contribution is 2.33. The van der Waals surface area contributed by atoms with Crippen LogP contribution in [0, 0.1) is 0 Å². The van der Waals surface area contributed by atoms with Crippen molar-refractivity contribution in [3.05, 3.63) is 17.5 Å². The van der Waals surface area contributed by atoms with Crippen LogP contribution in [-0.4, -0.2) is 28.3 Å². The predicted octanol–water partition coefficient (Wildman–Crippen LogP) is 1.32. The smallest absolute Gasteiger partial charge is 0.159 e. The number of aliphatic hydroxyl groups excluding tert-OH is 1. The highest BCUT2D eigenvalue weighted by molar-refractivity contribution is 5.17. The van der Waals surface area contributed by atoms with E-state index in [2.05, 4.69) is 17.0 Å². The van der Waals surface area contributed by atoms with Gasteiger partial charge in [-0.15, -0.1) is 0 Å². The quantitative estimate of drug-likeness (QED) is 0.792. The Hall–Kier alpha value is -0.870. The molecule has 2 heterocycles. The monoisotopic (exact) mass is 196 g/mol. The van der Waals surface area contributed by atoms with Crippen molar-refractivity contribution in [2.75, 3.05) is 13.1 Å². The van der Waals surface area contributed by atoms with E-state index in [9.17, 15) is 0 Å². The molecular formula is C10H16N2O2. The van der Waals surface area contributed by atoms with Gasteiger partial charge in [-0.25, -0.2) is 0 Å². The molecule has 14 heavy (non-hydrogen) atoms. The zero-order valence-corrected chi connectivity index (χ0v) is 8.44. The lowest BCUT2D eigenvalue weighted by atomic mass is 10.1. The summed E-state index contributed by atoms with van der Waals surface area (Å²) in [4.78, 5) is 2.36. The molecule has 0 amide bonds. The molecule has 0 bridgehead atoms. The molecule has 4 heteroatoms. The first-order valence-electron chi connectivity index (χ1n) is 5.15. The number of aliphatic hydroxyl groups is 1. The molecule has 1 atom stereocenters. The van der Waals surface area contributed by atoms with E-state index in [0.29, 0.717) is 6.04 Å². The summed E-state index contributed by atoms with van der Waals surface area (Å²) in [7, 11) is 0. The van der Waals surface area contributed by atoms with E-state index < -0.39 is 0 Å². The van der Waals surface area contributed by atoms with Gasteiger partial charge in [0.1, 0.15) is 0 Å². The number of rotatable bonds is 3. The van der Waals surface area contributed by atoms with Crippen LogP contribution in [0.15, 0.2) is 10.7 Å². The van der Waals surface area contributed by atoms with E-state index in [0.717, 1.165) is 30.8 Å². The average molecular weight is 196 g/mol. The van der Waals surface area contributed by atoms with Gasteiger partial charge in [0.25, 0.3) is 0 Å². The molecule has 1 unspecified atom stereocenters. The van der Waals surface area contributed by atoms with E-state index in [1.807, 2.05) is 0 Å². The summed E-state index contributed by atoms with van der Waals surface area (Å²) in [5.74, 6) is 0.854. The Bertz CT molecular complexity index is 298. The summed E-state index contributed by atoms with van der Waals surface area (Å²) < 4.78 is 5.22. The second-order valence-corrected chi connectivity index (χ2v) is 3.66. The van der Waals surface area contributed by atoms with Gasteiger partial charge in [-0.05, 0) is 25.9 Å². The maximum atomic E-state index is 9.11. The first-order chi connectivity index (χ1) is 6.86. The van der Waals surface area contributed by atoms with Gasteiger partial charge in [0.15, 0.2) is 5.76 Å². The third-order valence-electron chi connectivity index (χ3n) is 2.92. The van der Waals surface area contributed by atoms with Crippen LogP contribution in [0.4, 0.5) is 0 Å². The average Bonchev–Trinajstić information content (AvgIpc) is 2.85. The SMILES string of the molecule is CCN1CCCC1c1oncc1CO. The van der Waals surface area contributed by atoms with Crippen LogP contribution in [0.1, 0.15) is 37.1 Å². The van der Waals surface area contributed by atoms with Gasteiger partial charge in [0.2, 0.25) is 0 Å².